The molecule has 1 aliphatic heterocycles. The summed E-state index contributed by atoms with van der Waals surface area (Å²) >= 11 is 0. The minimum Gasteiger partial charge on any atom is -0.495 e. The number of aliphatic hydroxyl groups is 1. The summed E-state index contributed by atoms with van der Waals surface area (Å²) in [6.07, 6.45) is 3.42. The molecule has 0 unspecified atom stereocenters. The van der Waals surface area contributed by atoms with E-state index < -0.39 is 0 Å². The molecule has 2 aliphatic rings. The Morgan fingerprint density at radius 3 is 2.61 bits per heavy atom. The molecule has 158 valence electrons. The van der Waals surface area contributed by atoms with Gasteiger partial charge in [-0.1, -0.05) is 32.9 Å². The molecule has 5 heteroatoms. The van der Waals surface area contributed by atoms with Crippen molar-refractivity contribution in [1.29, 1.82) is 0 Å². The molecule has 1 saturated heterocycles. The van der Waals surface area contributed by atoms with Crippen LogP contribution in [-0.4, -0.2) is 63.8 Å². The molecule has 0 bridgehead atoms. The lowest BCUT2D eigenvalue weighted by Crippen LogP contribution is -3.16. The SMILES string of the molecule is COc1ccccc1N1CC[NH+](C[C@@H](O)CO[C@@H]2C[C@@H](C)CC(C)(C)C2)CC1. The first-order chi connectivity index (χ1) is 13.4. The Hall–Kier alpha value is -1.30. The molecular formula is C23H39N2O3+. The van der Waals surface area contributed by atoms with E-state index in [0.717, 1.165) is 51.3 Å². The van der Waals surface area contributed by atoms with Crippen LogP contribution in [0, 0.1) is 11.3 Å². The minimum atomic E-state index is -0.381. The van der Waals surface area contributed by atoms with Gasteiger partial charge in [0.25, 0.3) is 0 Å². The summed E-state index contributed by atoms with van der Waals surface area (Å²) in [6, 6.07) is 8.21. The van der Waals surface area contributed by atoms with E-state index in [1.807, 2.05) is 12.1 Å². The van der Waals surface area contributed by atoms with Crippen molar-refractivity contribution in [3.05, 3.63) is 24.3 Å². The highest BCUT2D eigenvalue weighted by atomic mass is 16.5. The summed E-state index contributed by atoms with van der Waals surface area (Å²) in [5.74, 6) is 1.64. The number of methoxy groups -OCH3 is 1. The van der Waals surface area contributed by atoms with Gasteiger partial charge in [0.1, 0.15) is 18.4 Å². The van der Waals surface area contributed by atoms with Crippen LogP contribution in [-0.2, 0) is 4.74 Å². The van der Waals surface area contributed by atoms with Crippen molar-refractivity contribution in [3.63, 3.8) is 0 Å². The number of quaternary nitrogens is 1. The van der Waals surface area contributed by atoms with Gasteiger partial charge in [0.15, 0.2) is 0 Å². The smallest absolute Gasteiger partial charge is 0.142 e. The summed E-state index contributed by atoms with van der Waals surface area (Å²) in [4.78, 5) is 3.84. The van der Waals surface area contributed by atoms with Gasteiger partial charge in [0.2, 0.25) is 0 Å². The molecule has 5 nitrogen and oxygen atoms in total. The van der Waals surface area contributed by atoms with Gasteiger partial charge >= 0.3 is 0 Å². The zero-order valence-corrected chi connectivity index (χ0v) is 18.1. The Kier molecular flexibility index (Phi) is 7.24. The van der Waals surface area contributed by atoms with Crippen LogP contribution in [0.5, 0.6) is 5.75 Å². The highest BCUT2D eigenvalue weighted by Gasteiger charge is 2.33. The second kappa shape index (κ2) is 9.47. The van der Waals surface area contributed by atoms with E-state index in [1.54, 1.807) is 7.11 Å². The highest BCUT2D eigenvalue weighted by molar-refractivity contribution is 5.58. The standard InChI is InChI=1S/C23H38N2O3/c1-18-13-20(15-23(2,3)14-18)28-17-19(26)16-24-9-11-25(12-10-24)21-7-5-6-8-22(21)27-4/h5-8,18-20,26H,9-17H2,1-4H3/p+1/t18-,19-,20-/m1/s1. The number of anilines is 1. The third-order valence-corrected chi connectivity index (χ3v) is 6.29. The summed E-state index contributed by atoms with van der Waals surface area (Å²) in [5, 5.41) is 10.5. The van der Waals surface area contributed by atoms with E-state index in [2.05, 4.69) is 37.8 Å². The van der Waals surface area contributed by atoms with Crippen LogP contribution in [0.1, 0.15) is 40.0 Å². The van der Waals surface area contributed by atoms with Crippen molar-refractivity contribution in [2.24, 2.45) is 11.3 Å². The summed E-state index contributed by atoms with van der Waals surface area (Å²) in [5.41, 5.74) is 1.52. The van der Waals surface area contributed by atoms with Crippen molar-refractivity contribution in [2.45, 2.75) is 52.2 Å². The van der Waals surface area contributed by atoms with E-state index in [9.17, 15) is 5.11 Å². The predicted octanol–water partition coefficient (Wildman–Crippen LogP) is 1.99. The zero-order chi connectivity index (χ0) is 20.1. The molecule has 0 radical (unpaired) electrons. The van der Waals surface area contributed by atoms with Gasteiger partial charge in [-0.3, -0.25) is 0 Å². The summed E-state index contributed by atoms with van der Waals surface area (Å²) in [7, 11) is 1.73. The molecule has 1 heterocycles. The Morgan fingerprint density at radius 2 is 1.93 bits per heavy atom. The fourth-order valence-corrected chi connectivity index (χ4v) is 5.18. The average Bonchev–Trinajstić information content (AvgIpc) is 2.65. The Labute approximate surface area is 170 Å². The molecule has 0 amide bonds. The van der Waals surface area contributed by atoms with E-state index in [-0.39, 0.29) is 6.10 Å². The molecule has 28 heavy (non-hydrogen) atoms. The predicted molar refractivity (Wildman–Crippen MR) is 113 cm³/mol. The molecule has 2 N–H and O–H groups in total. The van der Waals surface area contributed by atoms with Gasteiger partial charge in [0, 0.05) is 0 Å². The molecule has 1 aliphatic carbocycles. The van der Waals surface area contributed by atoms with Crippen molar-refractivity contribution in [1.82, 2.24) is 0 Å². The number of nitrogens with one attached hydrogen (secondary N) is 1. The maximum absolute atomic E-state index is 10.5. The number of nitrogens with zero attached hydrogens (tertiary/aromatic N) is 1. The number of hydrogen-bond acceptors (Lipinski definition) is 4. The lowest BCUT2D eigenvalue weighted by atomic mass is 9.71. The number of benzene rings is 1. The van der Waals surface area contributed by atoms with E-state index in [0.29, 0.717) is 24.0 Å². The number of rotatable bonds is 7. The first-order valence-electron chi connectivity index (χ1n) is 10.9. The highest BCUT2D eigenvalue weighted by Crippen LogP contribution is 2.39. The van der Waals surface area contributed by atoms with E-state index in [4.69, 9.17) is 9.47 Å². The fraction of sp³-hybridized carbons (Fsp3) is 0.739. The van der Waals surface area contributed by atoms with Gasteiger partial charge in [-0.05, 0) is 42.7 Å². The topological polar surface area (TPSA) is 46.4 Å². The van der Waals surface area contributed by atoms with Gasteiger partial charge < -0.3 is 24.4 Å². The third-order valence-electron chi connectivity index (χ3n) is 6.29. The molecule has 1 aromatic rings. The zero-order valence-electron chi connectivity index (χ0n) is 18.1. The molecule has 1 aromatic carbocycles. The second-order valence-electron chi connectivity index (χ2n) is 9.64. The molecular weight excluding hydrogens is 352 g/mol. The molecule has 3 rings (SSSR count). The van der Waals surface area contributed by atoms with Crippen LogP contribution in [0.15, 0.2) is 24.3 Å². The number of hydrogen-bond donors (Lipinski definition) is 2. The molecule has 3 atom stereocenters. The first-order valence-corrected chi connectivity index (χ1v) is 10.9. The van der Waals surface area contributed by atoms with Crippen LogP contribution in [0.2, 0.25) is 0 Å². The summed E-state index contributed by atoms with van der Waals surface area (Å²) < 4.78 is 11.6. The fourth-order valence-electron chi connectivity index (χ4n) is 5.18. The van der Waals surface area contributed by atoms with Gasteiger partial charge in [-0.25, -0.2) is 0 Å². The van der Waals surface area contributed by atoms with Crippen LogP contribution in [0.3, 0.4) is 0 Å². The van der Waals surface area contributed by atoms with Crippen molar-refractivity contribution >= 4 is 5.69 Å². The quantitative estimate of drug-likeness (QED) is 0.746. The Morgan fingerprint density at radius 1 is 1.21 bits per heavy atom. The van der Waals surface area contributed by atoms with Crippen LogP contribution in [0.4, 0.5) is 5.69 Å². The van der Waals surface area contributed by atoms with Crippen LogP contribution < -0.4 is 14.5 Å². The lowest BCUT2D eigenvalue weighted by molar-refractivity contribution is -0.903. The van der Waals surface area contributed by atoms with Crippen molar-refractivity contribution < 1.29 is 19.5 Å². The maximum atomic E-state index is 10.5. The lowest BCUT2D eigenvalue weighted by Gasteiger charge is -2.39. The van der Waals surface area contributed by atoms with Gasteiger partial charge in [-0.15, -0.1) is 0 Å². The van der Waals surface area contributed by atoms with Crippen LogP contribution >= 0.6 is 0 Å². The largest absolute Gasteiger partial charge is 0.495 e. The van der Waals surface area contributed by atoms with Crippen molar-refractivity contribution in [2.75, 3.05) is 51.3 Å². The van der Waals surface area contributed by atoms with E-state index in [1.165, 1.54) is 17.0 Å². The van der Waals surface area contributed by atoms with Gasteiger partial charge in [0.05, 0.1) is 51.7 Å². The molecule has 2 fully saturated rings. The number of piperazine rings is 1. The molecule has 0 spiro atoms. The maximum Gasteiger partial charge on any atom is 0.142 e. The molecule has 0 aromatic heterocycles. The first kappa shape index (κ1) is 21.4. The minimum absolute atomic E-state index is 0.297. The third kappa shape index (κ3) is 5.85. The number of aliphatic hydroxyl groups excluding tert-OH is 1. The second-order valence-corrected chi connectivity index (χ2v) is 9.64. The van der Waals surface area contributed by atoms with Gasteiger partial charge in [-0.2, -0.15) is 0 Å². The average molecular weight is 392 g/mol. The Balaban J connectivity index is 1.41. The summed E-state index contributed by atoms with van der Waals surface area (Å²) in [6.45, 7) is 12.2. The normalized spacial score (nSPS) is 26.8. The molecule has 1 saturated carbocycles. The Bertz CT molecular complexity index is 614. The van der Waals surface area contributed by atoms with Crippen LogP contribution in [0.25, 0.3) is 0 Å². The monoisotopic (exact) mass is 391 g/mol. The van der Waals surface area contributed by atoms with E-state index >= 15 is 0 Å². The number of ether oxygens (including phenoxy) is 2. The van der Waals surface area contributed by atoms with Crippen molar-refractivity contribution in [3.8, 4) is 5.75 Å². The number of para-hydroxylation sites is 2.